The van der Waals surface area contributed by atoms with Gasteiger partial charge in [-0.15, -0.1) is 12.4 Å². The SMILES string of the molecule is COCC(=O)N[C@H](c1nc(-c2ccc(CN)cc2)no1)C(C)C.Cl. The van der Waals surface area contributed by atoms with Gasteiger partial charge in [0.15, 0.2) is 0 Å². The summed E-state index contributed by atoms with van der Waals surface area (Å²) >= 11 is 0. The highest BCUT2D eigenvalue weighted by Crippen LogP contribution is 2.23. The van der Waals surface area contributed by atoms with E-state index in [0.29, 0.717) is 18.3 Å². The van der Waals surface area contributed by atoms with Crippen LogP contribution in [0.3, 0.4) is 0 Å². The van der Waals surface area contributed by atoms with Crippen molar-refractivity contribution in [3.05, 3.63) is 35.7 Å². The lowest BCUT2D eigenvalue weighted by Gasteiger charge is -2.18. The summed E-state index contributed by atoms with van der Waals surface area (Å²) in [5.41, 5.74) is 7.45. The van der Waals surface area contributed by atoms with Crippen molar-refractivity contribution in [1.29, 1.82) is 0 Å². The lowest BCUT2D eigenvalue weighted by atomic mass is 10.0. The molecule has 24 heavy (non-hydrogen) atoms. The number of carbonyl (C=O) groups excluding carboxylic acids is 1. The number of hydrogen-bond donors (Lipinski definition) is 2. The number of amides is 1. The van der Waals surface area contributed by atoms with Gasteiger partial charge in [0, 0.05) is 19.2 Å². The third-order valence-electron chi connectivity index (χ3n) is 3.41. The van der Waals surface area contributed by atoms with Gasteiger partial charge >= 0.3 is 0 Å². The molecule has 2 rings (SSSR count). The Morgan fingerprint density at radius 2 is 2.00 bits per heavy atom. The third-order valence-corrected chi connectivity index (χ3v) is 3.41. The summed E-state index contributed by atoms with van der Waals surface area (Å²) in [6.07, 6.45) is 0. The molecule has 132 valence electrons. The Labute approximate surface area is 147 Å². The second kappa shape index (κ2) is 9.36. The van der Waals surface area contributed by atoms with Gasteiger partial charge in [-0.05, 0) is 11.5 Å². The monoisotopic (exact) mass is 354 g/mol. The lowest BCUT2D eigenvalue weighted by molar-refractivity contribution is -0.126. The smallest absolute Gasteiger partial charge is 0.249 e. The van der Waals surface area contributed by atoms with Crippen LogP contribution < -0.4 is 11.1 Å². The topological polar surface area (TPSA) is 103 Å². The first-order valence-electron chi connectivity index (χ1n) is 7.46. The molecule has 0 aliphatic carbocycles. The molecule has 0 bridgehead atoms. The molecule has 2 aromatic rings. The summed E-state index contributed by atoms with van der Waals surface area (Å²) in [6, 6.07) is 7.27. The average molecular weight is 355 g/mol. The second-order valence-electron chi connectivity index (χ2n) is 5.58. The number of carbonyl (C=O) groups is 1. The Bertz CT molecular complexity index is 643. The van der Waals surface area contributed by atoms with Crippen molar-refractivity contribution in [3.8, 4) is 11.4 Å². The first-order valence-corrected chi connectivity index (χ1v) is 7.46. The Hall–Kier alpha value is -1.96. The van der Waals surface area contributed by atoms with Crippen LogP contribution >= 0.6 is 12.4 Å². The number of benzene rings is 1. The highest BCUT2D eigenvalue weighted by Gasteiger charge is 2.24. The average Bonchev–Trinajstić information content (AvgIpc) is 3.02. The molecule has 1 atom stereocenters. The molecule has 0 saturated carbocycles. The molecule has 7 nitrogen and oxygen atoms in total. The van der Waals surface area contributed by atoms with E-state index in [9.17, 15) is 4.79 Å². The minimum absolute atomic E-state index is 0. The molecule has 0 aliphatic rings. The molecule has 0 aliphatic heterocycles. The van der Waals surface area contributed by atoms with E-state index in [0.717, 1.165) is 11.1 Å². The van der Waals surface area contributed by atoms with Gasteiger partial charge in [-0.25, -0.2) is 0 Å². The number of methoxy groups -OCH3 is 1. The fourth-order valence-corrected chi connectivity index (χ4v) is 2.13. The van der Waals surface area contributed by atoms with Gasteiger partial charge in [0.2, 0.25) is 17.6 Å². The highest BCUT2D eigenvalue weighted by atomic mass is 35.5. The van der Waals surface area contributed by atoms with Gasteiger partial charge in [-0.1, -0.05) is 43.3 Å². The normalized spacial score (nSPS) is 11.9. The van der Waals surface area contributed by atoms with Crippen LogP contribution in [0.5, 0.6) is 0 Å². The number of halogens is 1. The van der Waals surface area contributed by atoms with E-state index in [4.69, 9.17) is 15.0 Å². The van der Waals surface area contributed by atoms with Crippen molar-refractivity contribution in [2.45, 2.75) is 26.4 Å². The molecule has 0 spiro atoms. The molecule has 1 aromatic carbocycles. The van der Waals surface area contributed by atoms with Crippen LogP contribution in [-0.2, 0) is 16.1 Å². The lowest BCUT2D eigenvalue weighted by Crippen LogP contribution is -2.34. The van der Waals surface area contributed by atoms with Crippen molar-refractivity contribution < 1.29 is 14.1 Å². The summed E-state index contributed by atoms with van der Waals surface area (Å²) in [5, 5.41) is 6.84. The van der Waals surface area contributed by atoms with E-state index in [1.165, 1.54) is 7.11 Å². The fraction of sp³-hybridized carbons (Fsp3) is 0.438. The van der Waals surface area contributed by atoms with Crippen LogP contribution in [0.15, 0.2) is 28.8 Å². The van der Waals surface area contributed by atoms with Crippen LogP contribution in [0.2, 0.25) is 0 Å². The molecule has 3 N–H and O–H groups in total. The Kier molecular flexibility index (Phi) is 7.84. The Morgan fingerprint density at radius 1 is 1.33 bits per heavy atom. The zero-order valence-corrected chi connectivity index (χ0v) is 14.8. The zero-order valence-electron chi connectivity index (χ0n) is 14.0. The summed E-state index contributed by atoms with van der Waals surface area (Å²) in [6.45, 7) is 4.42. The predicted molar refractivity (Wildman–Crippen MR) is 92.5 cm³/mol. The molecule has 0 saturated heterocycles. The largest absolute Gasteiger partial charge is 0.375 e. The number of aromatic nitrogens is 2. The maximum atomic E-state index is 11.7. The number of rotatable bonds is 7. The third kappa shape index (κ3) is 5.02. The van der Waals surface area contributed by atoms with Crippen molar-refractivity contribution in [2.75, 3.05) is 13.7 Å². The zero-order chi connectivity index (χ0) is 16.8. The minimum atomic E-state index is -0.359. The molecular formula is C16H23ClN4O3. The van der Waals surface area contributed by atoms with Crippen LogP contribution in [0.25, 0.3) is 11.4 Å². The molecule has 0 unspecified atom stereocenters. The van der Waals surface area contributed by atoms with Gasteiger partial charge < -0.3 is 20.3 Å². The van der Waals surface area contributed by atoms with E-state index in [1.807, 2.05) is 38.1 Å². The number of ether oxygens (including phenoxy) is 1. The summed E-state index contributed by atoms with van der Waals surface area (Å²) in [7, 11) is 1.47. The van der Waals surface area contributed by atoms with Crippen LogP contribution in [0, 0.1) is 5.92 Å². The quantitative estimate of drug-likeness (QED) is 0.789. The van der Waals surface area contributed by atoms with E-state index in [2.05, 4.69) is 15.5 Å². The number of nitrogens with one attached hydrogen (secondary N) is 1. The van der Waals surface area contributed by atoms with Gasteiger partial charge in [0.05, 0.1) is 0 Å². The van der Waals surface area contributed by atoms with E-state index < -0.39 is 0 Å². The highest BCUT2D eigenvalue weighted by molar-refractivity contribution is 5.85. The van der Waals surface area contributed by atoms with Gasteiger partial charge in [-0.3, -0.25) is 4.79 Å². The number of nitrogens with two attached hydrogens (primary N) is 1. The first kappa shape index (κ1) is 20.1. The van der Waals surface area contributed by atoms with Crippen LogP contribution in [0.1, 0.15) is 31.3 Å². The summed E-state index contributed by atoms with van der Waals surface area (Å²) in [4.78, 5) is 16.1. The molecule has 1 heterocycles. The van der Waals surface area contributed by atoms with Crippen molar-refractivity contribution >= 4 is 18.3 Å². The predicted octanol–water partition coefficient (Wildman–Crippen LogP) is 2.08. The molecule has 1 aromatic heterocycles. The van der Waals surface area contributed by atoms with Gasteiger partial charge in [0.25, 0.3) is 0 Å². The molecule has 8 heteroatoms. The van der Waals surface area contributed by atoms with Gasteiger partial charge in [0.1, 0.15) is 12.6 Å². The first-order chi connectivity index (χ1) is 11.0. The van der Waals surface area contributed by atoms with E-state index in [-0.39, 0.29) is 36.9 Å². The second-order valence-corrected chi connectivity index (χ2v) is 5.58. The number of nitrogens with zero attached hydrogens (tertiary/aromatic N) is 2. The summed E-state index contributed by atoms with van der Waals surface area (Å²) < 4.78 is 10.2. The van der Waals surface area contributed by atoms with E-state index in [1.54, 1.807) is 0 Å². The van der Waals surface area contributed by atoms with Crippen molar-refractivity contribution in [2.24, 2.45) is 11.7 Å². The maximum Gasteiger partial charge on any atom is 0.249 e. The fourth-order valence-electron chi connectivity index (χ4n) is 2.13. The van der Waals surface area contributed by atoms with Crippen LogP contribution in [-0.4, -0.2) is 29.8 Å². The Morgan fingerprint density at radius 3 is 2.54 bits per heavy atom. The summed E-state index contributed by atoms with van der Waals surface area (Å²) in [5.74, 6) is 0.736. The minimum Gasteiger partial charge on any atom is -0.375 e. The molecular weight excluding hydrogens is 332 g/mol. The number of hydrogen-bond acceptors (Lipinski definition) is 6. The van der Waals surface area contributed by atoms with Crippen molar-refractivity contribution in [1.82, 2.24) is 15.5 Å². The molecule has 0 radical (unpaired) electrons. The molecule has 1 amide bonds. The maximum absolute atomic E-state index is 11.7. The van der Waals surface area contributed by atoms with Gasteiger partial charge in [-0.2, -0.15) is 4.98 Å². The molecule has 0 fully saturated rings. The standard InChI is InChI=1S/C16H22N4O3.ClH/c1-10(2)14(18-13(21)9-22-3)16-19-15(20-23-16)12-6-4-11(8-17)5-7-12;/h4-7,10,14H,8-9,17H2,1-3H3,(H,18,21);1H/t14-;/m0./s1. The van der Waals surface area contributed by atoms with E-state index >= 15 is 0 Å². The van der Waals surface area contributed by atoms with Crippen molar-refractivity contribution in [3.63, 3.8) is 0 Å². The van der Waals surface area contributed by atoms with Crippen LogP contribution in [0.4, 0.5) is 0 Å². The Balaban J connectivity index is 0.00000288.